The summed E-state index contributed by atoms with van der Waals surface area (Å²) in [6.45, 7) is 0.305. The lowest BCUT2D eigenvalue weighted by atomic mass is 10.2. The molecule has 7 nitrogen and oxygen atoms in total. The van der Waals surface area contributed by atoms with E-state index in [0.29, 0.717) is 29.0 Å². The lowest BCUT2D eigenvalue weighted by Gasteiger charge is -2.29. The number of nitrogens with one attached hydrogen (secondary N) is 1. The lowest BCUT2D eigenvalue weighted by Crippen LogP contribution is -2.40. The van der Waals surface area contributed by atoms with Crippen molar-refractivity contribution in [2.24, 2.45) is 0 Å². The van der Waals surface area contributed by atoms with Gasteiger partial charge in [-0.3, -0.25) is 9.59 Å². The van der Waals surface area contributed by atoms with Crippen LogP contribution in [0.5, 0.6) is 5.75 Å². The zero-order valence-electron chi connectivity index (χ0n) is 12.9. The monoisotopic (exact) mass is 344 g/mol. The third-order valence-electron chi connectivity index (χ3n) is 3.98. The summed E-state index contributed by atoms with van der Waals surface area (Å²) in [6, 6.07) is 7.33. The first kappa shape index (κ1) is 15.1. The van der Waals surface area contributed by atoms with Crippen molar-refractivity contribution in [3.8, 4) is 5.75 Å². The summed E-state index contributed by atoms with van der Waals surface area (Å²) >= 11 is 1.43. The van der Waals surface area contributed by atoms with Crippen LogP contribution in [0.15, 0.2) is 24.3 Å². The molecule has 4 rings (SSSR count). The highest BCUT2D eigenvalue weighted by Gasteiger charge is 2.28. The van der Waals surface area contributed by atoms with Crippen LogP contribution in [0.25, 0.3) is 0 Å². The molecule has 124 valence electrons. The molecule has 1 fully saturated rings. The Balaban J connectivity index is 1.37. The van der Waals surface area contributed by atoms with Gasteiger partial charge in [0.15, 0.2) is 6.61 Å². The van der Waals surface area contributed by atoms with Gasteiger partial charge in [0.2, 0.25) is 11.0 Å². The largest absolute Gasteiger partial charge is 0.482 e. The van der Waals surface area contributed by atoms with Crippen LogP contribution in [-0.2, 0) is 9.59 Å². The number of aromatic nitrogens is 2. The van der Waals surface area contributed by atoms with Crippen molar-refractivity contribution in [2.45, 2.75) is 25.2 Å². The fourth-order valence-corrected chi connectivity index (χ4v) is 3.50. The number of para-hydroxylation sites is 2. The van der Waals surface area contributed by atoms with Gasteiger partial charge in [-0.15, -0.1) is 10.2 Å². The van der Waals surface area contributed by atoms with Gasteiger partial charge in [-0.05, 0) is 25.0 Å². The Morgan fingerprint density at radius 1 is 1.33 bits per heavy atom. The highest BCUT2D eigenvalue weighted by molar-refractivity contribution is 7.15. The van der Waals surface area contributed by atoms with Crippen LogP contribution >= 0.6 is 11.3 Å². The minimum Gasteiger partial charge on any atom is -0.482 e. The van der Waals surface area contributed by atoms with E-state index in [1.807, 2.05) is 24.3 Å². The number of nitrogens with zero attached hydrogens (tertiary/aromatic N) is 3. The van der Waals surface area contributed by atoms with Crippen LogP contribution in [0.3, 0.4) is 0 Å². The topological polar surface area (TPSA) is 84.4 Å². The Morgan fingerprint density at radius 3 is 3.00 bits per heavy atom. The lowest BCUT2D eigenvalue weighted by molar-refractivity contribution is -0.121. The molecule has 2 heterocycles. The molecule has 2 aliphatic rings. The zero-order chi connectivity index (χ0) is 16.5. The average Bonchev–Trinajstić information content (AvgIpc) is 3.34. The Hall–Kier alpha value is -2.48. The van der Waals surface area contributed by atoms with Crippen molar-refractivity contribution < 1.29 is 14.3 Å². The van der Waals surface area contributed by atoms with E-state index in [1.54, 1.807) is 4.90 Å². The molecule has 1 aromatic carbocycles. The van der Waals surface area contributed by atoms with E-state index in [2.05, 4.69) is 15.5 Å². The van der Waals surface area contributed by atoms with Crippen LogP contribution in [0.2, 0.25) is 0 Å². The fourth-order valence-electron chi connectivity index (χ4n) is 2.57. The summed E-state index contributed by atoms with van der Waals surface area (Å²) in [5.74, 6) is 0.866. The number of hydrogen-bond donors (Lipinski definition) is 1. The quantitative estimate of drug-likeness (QED) is 0.898. The Labute approximate surface area is 142 Å². The van der Waals surface area contributed by atoms with Gasteiger partial charge in [-0.25, -0.2) is 0 Å². The van der Waals surface area contributed by atoms with E-state index >= 15 is 0 Å². The third kappa shape index (κ3) is 3.09. The number of benzene rings is 1. The van der Waals surface area contributed by atoms with Gasteiger partial charge in [0, 0.05) is 18.9 Å². The van der Waals surface area contributed by atoms with E-state index in [-0.39, 0.29) is 24.8 Å². The first-order chi connectivity index (χ1) is 11.7. The predicted octanol–water partition coefficient (Wildman–Crippen LogP) is 2.17. The van der Waals surface area contributed by atoms with Crippen molar-refractivity contribution in [3.63, 3.8) is 0 Å². The molecule has 1 saturated carbocycles. The first-order valence-electron chi connectivity index (χ1n) is 7.86. The number of ether oxygens (including phenoxy) is 1. The molecule has 0 unspecified atom stereocenters. The van der Waals surface area contributed by atoms with Gasteiger partial charge in [-0.1, -0.05) is 23.5 Å². The molecule has 0 saturated heterocycles. The molecule has 1 aliphatic carbocycles. The van der Waals surface area contributed by atoms with Gasteiger partial charge in [0.05, 0.1) is 5.69 Å². The molecule has 0 radical (unpaired) electrons. The highest BCUT2D eigenvalue weighted by Crippen LogP contribution is 2.42. The number of amides is 2. The van der Waals surface area contributed by atoms with Gasteiger partial charge in [-0.2, -0.15) is 0 Å². The smallest absolute Gasteiger partial charge is 0.265 e. The molecule has 2 aromatic rings. The maximum Gasteiger partial charge on any atom is 0.265 e. The van der Waals surface area contributed by atoms with E-state index in [0.717, 1.165) is 17.8 Å². The first-order valence-corrected chi connectivity index (χ1v) is 8.68. The molecule has 0 spiro atoms. The Kier molecular flexibility index (Phi) is 3.89. The second-order valence-corrected chi connectivity index (χ2v) is 6.83. The van der Waals surface area contributed by atoms with E-state index in [9.17, 15) is 9.59 Å². The fraction of sp³-hybridized carbons (Fsp3) is 0.375. The van der Waals surface area contributed by atoms with Gasteiger partial charge >= 0.3 is 0 Å². The number of carbonyl (C=O) groups excluding carboxylic acids is 2. The summed E-state index contributed by atoms with van der Waals surface area (Å²) in [7, 11) is 0. The van der Waals surface area contributed by atoms with E-state index < -0.39 is 0 Å². The second kappa shape index (κ2) is 6.20. The van der Waals surface area contributed by atoms with E-state index in [4.69, 9.17) is 4.74 Å². The molecule has 0 atom stereocenters. The molecule has 1 N–H and O–H groups in total. The average molecular weight is 344 g/mol. The van der Waals surface area contributed by atoms with Crippen molar-refractivity contribution in [3.05, 3.63) is 29.3 Å². The molecule has 1 aromatic heterocycles. The summed E-state index contributed by atoms with van der Waals surface area (Å²) in [5, 5.41) is 12.4. The normalized spacial score (nSPS) is 16.5. The van der Waals surface area contributed by atoms with Crippen molar-refractivity contribution in [1.82, 2.24) is 10.2 Å². The maximum absolute atomic E-state index is 12.1. The SMILES string of the molecule is O=C(CCN1C(=O)COc2ccccc21)Nc1nnc(C2CC2)s1. The van der Waals surface area contributed by atoms with Crippen LogP contribution < -0.4 is 15.0 Å². The van der Waals surface area contributed by atoms with Crippen molar-refractivity contribution in [1.29, 1.82) is 0 Å². The van der Waals surface area contributed by atoms with E-state index in [1.165, 1.54) is 11.3 Å². The van der Waals surface area contributed by atoms with Crippen LogP contribution in [0, 0.1) is 0 Å². The number of carbonyl (C=O) groups is 2. The summed E-state index contributed by atoms with van der Waals surface area (Å²) in [4.78, 5) is 25.8. The maximum atomic E-state index is 12.1. The predicted molar refractivity (Wildman–Crippen MR) is 89.4 cm³/mol. The molecule has 24 heavy (non-hydrogen) atoms. The van der Waals surface area contributed by atoms with Gasteiger partial charge in [0.25, 0.3) is 5.91 Å². The Bertz CT molecular complexity index is 787. The summed E-state index contributed by atoms with van der Waals surface area (Å²) in [5.41, 5.74) is 0.702. The standard InChI is InChI=1S/C16H16N4O3S/c21-13(17-16-19-18-15(24-16)10-5-6-10)7-8-20-11-3-1-2-4-12(11)23-9-14(20)22/h1-4,10H,5-9H2,(H,17,19,21). The van der Waals surface area contributed by atoms with Gasteiger partial charge in [0.1, 0.15) is 10.8 Å². The third-order valence-corrected chi connectivity index (χ3v) is 4.99. The minimum absolute atomic E-state index is 0.000217. The van der Waals surface area contributed by atoms with Crippen molar-refractivity contribution >= 4 is 34.0 Å². The molecule has 8 heteroatoms. The second-order valence-electron chi connectivity index (χ2n) is 5.82. The summed E-state index contributed by atoms with van der Waals surface area (Å²) < 4.78 is 5.39. The van der Waals surface area contributed by atoms with Crippen LogP contribution in [0.4, 0.5) is 10.8 Å². The minimum atomic E-state index is -0.176. The summed E-state index contributed by atoms with van der Waals surface area (Å²) in [6.07, 6.45) is 2.50. The highest BCUT2D eigenvalue weighted by atomic mass is 32.1. The number of fused-ring (bicyclic) bond motifs is 1. The molecular weight excluding hydrogens is 328 g/mol. The van der Waals surface area contributed by atoms with Crippen LogP contribution in [0.1, 0.15) is 30.2 Å². The molecule has 0 bridgehead atoms. The molecular formula is C16H16N4O3S. The van der Waals surface area contributed by atoms with Crippen molar-refractivity contribution in [2.75, 3.05) is 23.4 Å². The van der Waals surface area contributed by atoms with Gasteiger partial charge < -0.3 is 15.0 Å². The molecule has 2 amide bonds. The number of anilines is 2. The van der Waals surface area contributed by atoms with Crippen LogP contribution in [-0.4, -0.2) is 35.2 Å². The zero-order valence-corrected chi connectivity index (χ0v) is 13.7. The number of hydrogen-bond acceptors (Lipinski definition) is 6. The molecule has 1 aliphatic heterocycles. The number of rotatable bonds is 5. The Morgan fingerprint density at radius 2 is 2.17 bits per heavy atom.